The van der Waals surface area contributed by atoms with Crippen molar-refractivity contribution in [3.05, 3.63) is 63.6 Å². The van der Waals surface area contributed by atoms with Crippen molar-refractivity contribution in [3.63, 3.8) is 0 Å². The van der Waals surface area contributed by atoms with Crippen molar-refractivity contribution in [1.82, 2.24) is 0 Å². The van der Waals surface area contributed by atoms with Crippen LogP contribution >= 0.6 is 15.9 Å². The maximum Gasteiger partial charge on any atom is 0.310 e. The number of rotatable bonds is 4. The highest BCUT2D eigenvalue weighted by Crippen LogP contribution is 2.22. The van der Waals surface area contributed by atoms with Gasteiger partial charge < -0.3 is 10.5 Å². The summed E-state index contributed by atoms with van der Waals surface area (Å²) in [6, 6.07) is 9.20. The number of benzene rings is 2. The normalized spacial score (nSPS) is 10.4. The maximum absolute atomic E-state index is 13.7. The lowest BCUT2D eigenvalue weighted by atomic mass is 10.1. The summed E-state index contributed by atoms with van der Waals surface area (Å²) in [4.78, 5) is 11.7. The molecule has 0 radical (unpaired) electrons. The Labute approximate surface area is 128 Å². The van der Waals surface area contributed by atoms with Gasteiger partial charge in [-0.05, 0) is 39.7 Å². The van der Waals surface area contributed by atoms with Gasteiger partial charge in [-0.3, -0.25) is 4.79 Å². The van der Waals surface area contributed by atoms with Crippen LogP contribution in [0, 0.1) is 11.6 Å². The van der Waals surface area contributed by atoms with Gasteiger partial charge in [0.1, 0.15) is 18.2 Å². The van der Waals surface area contributed by atoms with Crippen LogP contribution < -0.4 is 5.73 Å². The molecule has 2 aromatic carbocycles. The minimum Gasteiger partial charge on any atom is -0.460 e. The Morgan fingerprint density at radius 1 is 1.19 bits per heavy atom. The van der Waals surface area contributed by atoms with Gasteiger partial charge in [0, 0.05) is 5.69 Å². The molecule has 0 spiro atoms. The zero-order valence-corrected chi connectivity index (χ0v) is 12.5. The molecule has 0 bridgehead atoms. The van der Waals surface area contributed by atoms with E-state index in [2.05, 4.69) is 15.9 Å². The van der Waals surface area contributed by atoms with E-state index in [-0.39, 0.29) is 16.5 Å². The fraction of sp³-hybridized carbons (Fsp3) is 0.133. The van der Waals surface area contributed by atoms with E-state index in [1.807, 2.05) is 0 Å². The van der Waals surface area contributed by atoms with E-state index in [1.165, 1.54) is 6.07 Å². The van der Waals surface area contributed by atoms with Gasteiger partial charge in [0.05, 0.1) is 16.5 Å². The van der Waals surface area contributed by atoms with E-state index in [0.29, 0.717) is 11.3 Å². The Morgan fingerprint density at radius 2 is 1.90 bits per heavy atom. The van der Waals surface area contributed by atoms with Crippen LogP contribution in [0.3, 0.4) is 0 Å². The molecule has 0 aliphatic carbocycles. The number of carbonyl (C=O) groups is 1. The lowest BCUT2D eigenvalue weighted by molar-refractivity contribution is -0.144. The minimum absolute atomic E-state index is 0.0517. The van der Waals surface area contributed by atoms with E-state index in [1.54, 1.807) is 24.3 Å². The number of halogens is 3. The van der Waals surface area contributed by atoms with E-state index in [0.717, 1.165) is 6.07 Å². The quantitative estimate of drug-likeness (QED) is 0.518. The monoisotopic (exact) mass is 355 g/mol. The van der Waals surface area contributed by atoms with Gasteiger partial charge in [-0.25, -0.2) is 8.78 Å². The Kier molecular flexibility index (Phi) is 4.90. The molecule has 0 heterocycles. The van der Waals surface area contributed by atoms with Crippen LogP contribution in [0.1, 0.15) is 11.1 Å². The Hall–Kier alpha value is -1.95. The molecule has 0 saturated heterocycles. The third kappa shape index (κ3) is 3.78. The number of esters is 1. The molecule has 0 aliphatic heterocycles. The molecular formula is C15H12BrF2NO2. The van der Waals surface area contributed by atoms with Crippen LogP contribution in [-0.4, -0.2) is 5.97 Å². The first-order valence-electron chi connectivity index (χ1n) is 6.10. The van der Waals surface area contributed by atoms with Crippen molar-refractivity contribution in [2.45, 2.75) is 13.0 Å². The fourth-order valence-electron chi connectivity index (χ4n) is 1.76. The van der Waals surface area contributed by atoms with E-state index >= 15 is 0 Å². The molecule has 2 aromatic rings. The summed E-state index contributed by atoms with van der Waals surface area (Å²) in [5, 5.41) is 0. The summed E-state index contributed by atoms with van der Waals surface area (Å²) in [6.45, 7) is -0.470. The molecule has 0 saturated carbocycles. The second-order valence-corrected chi connectivity index (χ2v) is 5.21. The highest BCUT2D eigenvalue weighted by Gasteiger charge is 2.15. The van der Waals surface area contributed by atoms with Crippen molar-refractivity contribution < 1.29 is 18.3 Å². The zero-order valence-electron chi connectivity index (χ0n) is 10.9. The number of nitrogen functional groups attached to an aromatic ring is 1. The summed E-state index contributed by atoms with van der Waals surface area (Å²) in [5.74, 6) is -2.14. The lowest BCUT2D eigenvalue weighted by Crippen LogP contribution is -2.11. The van der Waals surface area contributed by atoms with Gasteiger partial charge in [-0.15, -0.1) is 0 Å². The number of para-hydroxylation sites is 1. The molecule has 3 nitrogen and oxygen atoms in total. The molecule has 110 valence electrons. The smallest absolute Gasteiger partial charge is 0.310 e. The van der Waals surface area contributed by atoms with Gasteiger partial charge in [-0.2, -0.15) is 0 Å². The first-order chi connectivity index (χ1) is 9.99. The summed E-state index contributed by atoms with van der Waals surface area (Å²) >= 11 is 2.95. The highest BCUT2D eigenvalue weighted by atomic mass is 79.9. The highest BCUT2D eigenvalue weighted by molar-refractivity contribution is 9.10. The molecule has 6 heteroatoms. The third-order valence-corrected chi connectivity index (χ3v) is 3.52. The summed E-state index contributed by atoms with van der Waals surface area (Å²) in [5.41, 5.74) is 6.49. The molecule has 0 aromatic heterocycles. The van der Waals surface area contributed by atoms with Crippen LogP contribution in [0.5, 0.6) is 0 Å². The van der Waals surface area contributed by atoms with Crippen LogP contribution in [0.25, 0.3) is 0 Å². The number of carbonyl (C=O) groups excluding carboxylic acids is 1. The van der Waals surface area contributed by atoms with Crippen LogP contribution in [0.15, 0.2) is 40.9 Å². The van der Waals surface area contributed by atoms with Crippen molar-refractivity contribution in [3.8, 4) is 0 Å². The standard InChI is InChI=1S/C15H12BrF2NO2/c16-11-5-6-12(17)10(15(11)18)8-21-14(20)7-9-3-1-2-4-13(9)19/h1-6H,7-8,19H2. The lowest BCUT2D eigenvalue weighted by Gasteiger charge is -2.09. The van der Waals surface area contributed by atoms with Gasteiger partial charge in [0.15, 0.2) is 0 Å². The van der Waals surface area contributed by atoms with Gasteiger partial charge >= 0.3 is 5.97 Å². The van der Waals surface area contributed by atoms with Crippen molar-refractivity contribution in [2.75, 3.05) is 5.73 Å². The molecule has 21 heavy (non-hydrogen) atoms. The van der Waals surface area contributed by atoms with Crippen molar-refractivity contribution in [1.29, 1.82) is 0 Å². The Balaban J connectivity index is 2.02. The second-order valence-electron chi connectivity index (χ2n) is 4.36. The molecule has 0 amide bonds. The van der Waals surface area contributed by atoms with E-state index in [9.17, 15) is 13.6 Å². The van der Waals surface area contributed by atoms with Gasteiger partial charge in [-0.1, -0.05) is 18.2 Å². The summed E-state index contributed by atoms with van der Waals surface area (Å²) in [6.07, 6.45) is -0.0517. The number of hydrogen-bond donors (Lipinski definition) is 1. The zero-order chi connectivity index (χ0) is 15.4. The first kappa shape index (κ1) is 15.4. The summed E-state index contributed by atoms with van der Waals surface area (Å²) < 4.78 is 32.2. The third-order valence-electron chi connectivity index (χ3n) is 2.91. The number of ether oxygens (including phenoxy) is 1. The van der Waals surface area contributed by atoms with Gasteiger partial charge in [0.25, 0.3) is 0 Å². The molecule has 2 N–H and O–H groups in total. The van der Waals surface area contributed by atoms with E-state index in [4.69, 9.17) is 10.5 Å². The van der Waals surface area contributed by atoms with Crippen molar-refractivity contribution >= 4 is 27.6 Å². The minimum atomic E-state index is -0.776. The van der Waals surface area contributed by atoms with E-state index < -0.39 is 24.2 Å². The predicted molar refractivity (Wildman–Crippen MR) is 78.4 cm³/mol. The maximum atomic E-state index is 13.7. The predicted octanol–water partition coefficient (Wildman–Crippen LogP) is 3.60. The number of anilines is 1. The van der Waals surface area contributed by atoms with Crippen molar-refractivity contribution in [2.24, 2.45) is 0 Å². The topological polar surface area (TPSA) is 52.3 Å². The Bertz CT molecular complexity index is 677. The average Bonchev–Trinajstić information content (AvgIpc) is 2.45. The van der Waals surface area contributed by atoms with Gasteiger partial charge in [0.2, 0.25) is 0 Å². The van der Waals surface area contributed by atoms with Crippen LogP contribution in [0.2, 0.25) is 0 Å². The molecule has 0 atom stereocenters. The molecule has 2 rings (SSSR count). The summed E-state index contributed by atoms with van der Waals surface area (Å²) in [7, 11) is 0. The molecule has 0 aliphatic rings. The SMILES string of the molecule is Nc1ccccc1CC(=O)OCc1c(F)ccc(Br)c1F. The number of nitrogens with two attached hydrogens (primary N) is 1. The Morgan fingerprint density at radius 3 is 2.62 bits per heavy atom. The first-order valence-corrected chi connectivity index (χ1v) is 6.89. The largest absolute Gasteiger partial charge is 0.460 e. The van der Waals surface area contributed by atoms with Crippen LogP contribution in [-0.2, 0) is 22.6 Å². The molecule has 0 fully saturated rings. The molecule has 0 unspecified atom stereocenters. The number of hydrogen-bond acceptors (Lipinski definition) is 3. The second kappa shape index (κ2) is 6.67. The average molecular weight is 356 g/mol. The van der Waals surface area contributed by atoms with Crippen LogP contribution in [0.4, 0.5) is 14.5 Å². The molecular weight excluding hydrogens is 344 g/mol. The fourth-order valence-corrected chi connectivity index (χ4v) is 2.13.